The van der Waals surface area contributed by atoms with E-state index in [0.29, 0.717) is 34.2 Å². The van der Waals surface area contributed by atoms with Gasteiger partial charge in [0, 0.05) is 16.0 Å². The van der Waals surface area contributed by atoms with Crippen LogP contribution in [0.5, 0.6) is 11.5 Å². The number of hydrogen-bond donors (Lipinski definition) is 0. The Morgan fingerprint density at radius 3 is 2.90 bits per heavy atom. The molecule has 0 amide bonds. The van der Waals surface area contributed by atoms with Crippen LogP contribution in [0, 0.1) is 11.8 Å². The van der Waals surface area contributed by atoms with Crippen molar-refractivity contribution in [3.63, 3.8) is 0 Å². The van der Waals surface area contributed by atoms with Crippen molar-refractivity contribution in [2.24, 2.45) is 16.8 Å². The van der Waals surface area contributed by atoms with Crippen LogP contribution < -0.4 is 26.1 Å². The number of nitrogens with zero attached hydrogens (tertiary/aromatic N) is 2. The minimum Gasteiger partial charge on any atom is -0.493 e. The fourth-order valence-electron chi connectivity index (χ4n) is 6.41. The van der Waals surface area contributed by atoms with Crippen LogP contribution in [0.15, 0.2) is 103 Å². The van der Waals surface area contributed by atoms with Crippen LogP contribution in [0.1, 0.15) is 40.5 Å². The molecule has 3 heterocycles. The summed E-state index contributed by atoms with van der Waals surface area (Å²) < 4.78 is 33.8. The van der Waals surface area contributed by atoms with Crippen molar-refractivity contribution in [3.8, 4) is 11.5 Å². The third kappa shape index (κ3) is 4.12. The van der Waals surface area contributed by atoms with Gasteiger partial charge in [-0.25, -0.2) is 8.96 Å². The van der Waals surface area contributed by atoms with Crippen molar-refractivity contribution < 1.29 is 18.3 Å². The molecule has 8 rings (SSSR count). The zero-order valence-corrected chi connectivity index (χ0v) is 23.7. The zero-order valence-electron chi connectivity index (χ0n) is 22.9. The summed E-state index contributed by atoms with van der Waals surface area (Å²) in [5, 5.41) is 2.03. The Balaban J connectivity index is 1.17. The summed E-state index contributed by atoms with van der Waals surface area (Å²) in [5.74, 6) is 1.48. The minimum atomic E-state index is -0.264. The summed E-state index contributed by atoms with van der Waals surface area (Å²) in [6.45, 7) is 0.176. The topological polar surface area (TPSA) is 66.0 Å². The van der Waals surface area contributed by atoms with Gasteiger partial charge in [0.15, 0.2) is 16.9 Å². The van der Waals surface area contributed by atoms with Gasteiger partial charge in [-0.3, -0.25) is 4.79 Å². The maximum Gasteiger partial charge on any atom is 0.306 e. The molecule has 0 bridgehead atoms. The minimum absolute atomic E-state index is 0.176. The number of ether oxygens (including phenoxy) is 2. The highest BCUT2D eigenvalue weighted by atomic mass is 32.1. The molecule has 42 heavy (non-hydrogen) atoms. The molecule has 3 aliphatic carbocycles. The smallest absolute Gasteiger partial charge is 0.306 e. The molecule has 4 aliphatic rings. The van der Waals surface area contributed by atoms with E-state index in [2.05, 4.69) is 24.3 Å². The predicted octanol–water partition coefficient (Wildman–Crippen LogP) is 5.73. The molecule has 210 valence electrons. The first kappa shape index (κ1) is 25.3. The van der Waals surface area contributed by atoms with Crippen molar-refractivity contribution in [1.29, 1.82) is 0 Å². The Kier molecular flexibility index (Phi) is 5.93. The number of halogens is 1. The molecular formula is C34H27FN2O4S. The van der Waals surface area contributed by atoms with Crippen LogP contribution in [-0.4, -0.2) is 18.3 Å². The number of benzene rings is 2. The standard InChI is InChI=1S/C34H27FN2O4S/c1-39-28-15-19(8-13-27(28)40-18-25-24-17-21(24)10-12-26(25)35)16-29-33(38)37-32(30-7-4-14-42-30)23-11-9-20-5-2-3-6-22(20)31(23)36-34(37)41-29/h2-8,10,12-16,21,24,32H,9,11,17-18H2,1H3/b29-16-. The maximum atomic E-state index is 14.4. The Morgan fingerprint density at radius 1 is 1.14 bits per heavy atom. The molecule has 3 unspecified atom stereocenters. The Labute approximate surface area is 245 Å². The van der Waals surface area contributed by atoms with Crippen LogP contribution >= 0.6 is 11.3 Å². The number of aromatic nitrogens is 1. The lowest BCUT2D eigenvalue weighted by Crippen LogP contribution is -2.38. The van der Waals surface area contributed by atoms with Gasteiger partial charge in [0.25, 0.3) is 5.56 Å². The summed E-state index contributed by atoms with van der Waals surface area (Å²) in [4.78, 5) is 19.8. The number of rotatable bonds is 6. The molecule has 1 fully saturated rings. The third-order valence-electron chi connectivity index (χ3n) is 8.64. The van der Waals surface area contributed by atoms with Gasteiger partial charge in [0.05, 0.1) is 18.8 Å². The van der Waals surface area contributed by atoms with Crippen molar-refractivity contribution in [2.75, 3.05) is 13.7 Å². The molecule has 8 heteroatoms. The number of thiophene rings is 1. The number of allylic oxidation sites excluding steroid dienone is 4. The normalized spacial score (nSPS) is 22.2. The molecule has 1 saturated carbocycles. The van der Waals surface area contributed by atoms with Crippen LogP contribution in [0.2, 0.25) is 0 Å². The van der Waals surface area contributed by atoms with Gasteiger partial charge >= 0.3 is 5.68 Å². The van der Waals surface area contributed by atoms with Crippen LogP contribution in [0.25, 0.3) is 11.8 Å². The van der Waals surface area contributed by atoms with Gasteiger partial charge in [-0.05, 0) is 83.5 Å². The summed E-state index contributed by atoms with van der Waals surface area (Å²) in [6, 6.07) is 17.5. The van der Waals surface area contributed by atoms with Crippen molar-refractivity contribution in [2.45, 2.75) is 25.3 Å². The van der Waals surface area contributed by atoms with E-state index in [1.165, 1.54) is 5.56 Å². The first-order valence-corrected chi connectivity index (χ1v) is 15.0. The number of fused-ring (bicyclic) bond motifs is 4. The Morgan fingerprint density at radius 2 is 2.05 bits per heavy atom. The van der Waals surface area contributed by atoms with Gasteiger partial charge in [-0.2, -0.15) is 4.99 Å². The van der Waals surface area contributed by atoms with E-state index in [0.717, 1.165) is 41.0 Å². The average Bonchev–Trinajstić information content (AvgIpc) is 3.47. The van der Waals surface area contributed by atoms with Crippen molar-refractivity contribution >= 4 is 23.1 Å². The van der Waals surface area contributed by atoms with Gasteiger partial charge < -0.3 is 13.9 Å². The van der Waals surface area contributed by atoms with E-state index in [1.807, 2.05) is 29.7 Å². The van der Waals surface area contributed by atoms with E-state index >= 15 is 0 Å². The van der Waals surface area contributed by atoms with E-state index < -0.39 is 0 Å². The van der Waals surface area contributed by atoms with Crippen molar-refractivity contribution in [3.05, 3.63) is 132 Å². The van der Waals surface area contributed by atoms with Gasteiger partial charge in [0.1, 0.15) is 12.4 Å². The first-order valence-electron chi connectivity index (χ1n) is 14.1. The molecule has 6 nitrogen and oxygen atoms in total. The first-order chi connectivity index (χ1) is 20.6. The SMILES string of the molecule is COc1cc(/C=c2\oc3n(c2=O)C(c2cccs2)C2=C(N=3)c3ccccc3CC2)ccc1OCC1=C(F)C=CC2CC12. The molecular weight excluding hydrogens is 551 g/mol. The molecule has 2 aromatic carbocycles. The second kappa shape index (κ2) is 9.84. The van der Waals surface area contributed by atoms with Crippen LogP contribution in [0.3, 0.4) is 0 Å². The number of methoxy groups -OCH3 is 1. The lowest BCUT2D eigenvalue weighted by molar-refractivity contribution is 0.310. The van der Waals surface area contributed by atoms with E-state index in [1.54, 1.807) is 47.3 Å². The van der Waals surface area contributed by atoms with Gasteiger partial charge in [0.2, 0.25) is 0 Å². The number of oxazole rings is 1. The van der Waals surface area contributed by atoms with Crippen LogP contribution in [0.4, 0.5) is 4.39 Å². The summed E-state index contributed by atoms with van der Waals surface area (Å²) in [5.41, 5.74) is 6.06. The van der Waals surface area contributed by atoms with E-state index in [9.17, 15) is 9.18 Å². The molecule has 0 radical (unpaired) electrons. The number of aryl methyl sites for hydroxylation is 1. The summed E-state index contributed by atoms with van der Waals surface area (Å²) in [7, 11) is 1.56. The second-order valence-corrected chi connectivity index (χ2v) is 12.0. The average molecular weight is 579 g/mol. The van der Waals surface area contributed by atoms with Gasteiger partial charge in [-0.1, -0.05) is 42.5 Å². The monoisotopic (exact) mass is 578 g/mol. The fourth-order valence-corrected chi connectivity index (χ4v) is 7.26. The Bertz CT molecular complexity index is 2010. The highest BCUT2D eigenvalue weighted by Gasteiger charge is 2.42. The van der Waals surface area contributed by atoms with E-state index in [4.69, 9.17) is 18.9 Å². The molecule has 0 N–H and O–H groups in total. The molecule has 3 atom stereocenters. The highest BCUT2D eigenvalue weighted by molar-refractivity contribution is 7.10. The largest absolute Gasteiger partial charge is 0.493 e. The molecule has 2 aromatic heterocycles. The van der Waals surface area contributed by atoms with Gasteiger partial charge in [-0.15, -0.1) is 11.3 Å². The lowest BCUT2D eigenvalue weighted by atomic mass is 9.85. The summed E-state index contributed by atoms with van der Waals surface area (Å²) >= 11 is 1.63. The molecule has 0 spiro atoms. The quantitative estimate of drug-likeness (QED) is 0.293. The molecule has 0 saturated heterocycles. The van der Waals surface area contributed by atoms with E-state index in [-0.39, 0.29) is 35.4 Å². The predicted molar refractivity (Wildman–Crippen MR) is 159 cm³/mol. The molecule has 4 aromatic rings. The maximum absolute atomic E-state index is 14.4. The van der Waals surface area contributed by atoms with Crippen molar-refractivity contribution in [1.82, 2.24) is 4.57 Å². The zero-order chi connectivity index (χ0) is 28.4. The summed E-state index contributed by atoms with van der Waals surface area (Å²) in [6.07, 6.45) is 7.89. The van der Waals surface area contributed by atoms with Crippen LogP contribution in [-0.2, 0) is 6.42 Å². The lowest BCUT2D eigenvalue weighted by Gasteiger charge is -2.29. The molecule has 1 aliphatic heterocycles. The highest BCUT2D eigenvalue weighted by Crippen LogP contribution is 2.49. The third-order valence-corrected chi connectivity index (χ3v) is 9.56. The Hall–Kier alpha value is -4.43. The fraction of sp³-hybridized carbons (Fsp3) is 0.235. The second-order valence-electron chi connectivity index (χ2n) is 11.1. The number of hydrogen-bond acceptors (Lipinski definition) is 6.